The van der Waals surface area contributed by atoms with Gasteiger partial charge in [-0.3, -0.25) is 4.79 Å². The Hall–Kier alpha value is -3.02. The van der Waals surface area contributed by atoms with Gasteiger partial charge in [-0.05, 0) is 6.07 Å². The average Bonchev–Trinajstić information content (AvgIpc) is 3.55. The fourth-order valence-electron chi connectivity index (χ4n) is 4.04. The quantitative estimate of drug-likeness (QED) is 0.286. The highest BCUT2D eigenvalue weighted by atomic mass is 35.5. The molecule has 1 aliphatic rings. The number of carbonyl (C=O) groups is 1. The molecule has 196 valence electrons. The summed E-state index contributed by atoms with van der Waals surface area (Å²) in [5.74, 6) is -0.318. The number of halogens is 2. The number of aliphatic hydroxyl groups is 4. The van der Waals surface area contributed by atoms with Crippen LogP contribution in [-0.2, 0) is 9.53 Å². The van der Waals surface area contributed by atoms with Crippen molar-refractivity contribution in [2.45, 2.75) is 50.2 Å². The standard InChI is InChI=1S/C23H24Cl2N6O6/c1-2-17(33)27-22(30-7-11(6-26)13(8-30)12-4-3-5-14(24)18(12)25)15-9-31(29-28-15)23-21(36)20(35)19(34)16(10-32)37-23/h3-5,7-9,16,19-23,32,34-36H,2,10H2,1H3,(H,27,33). The lowest BCUT2D eigenvalue weighted by Gasteiger charge is -2.39. The molecule has 3 heterocycles. The highest BCUT2D eigenvalue weighted by Gasteiger charge is 2.45. The van der Waals surface area contributed by atoms with Gasteiger partial charge < -0.3 is 35.0 Å². The zero-order chi connectivity index (χ0) is 26.9. The van der Waals surface area contributed by atoms with Crippen LogP contribution in [0, 0.1) is 11.3 Å². The number of nitriles is 1. The van der Waals surface area contributed by atoms with E-state index >= 15 is 0 Å². The van der Waals surface area contributed by atoms with Crippen molar-refractivity contribution < 1.29 is 30.0 Å². The summed E-state index contributed by atoms with van der Waals surface area (Å²) in [7, 11) is 0. The second kappa shape index (κ2) is 11.2. The Labute approximate surface area is 221 Å². The Morgan fingerprint density at radius 2 is 1.95 bits per heavy atom. The first-order chi connectivity index (χ1) is 17.7. The summed E-state index contributed by atoms with van der Waals surface area (Å²) in [4.78, 5) is 12.4. The van der Waals surface area contributed by atoms with Gasteiger partial charge >= 0.3 is 0 Å². The van der Waals surface area contributed by atoms with E-state index in [1.54, 1.807) is 35.9 Å². The summed E-state index contributed by atoms with van der Waals surface area (Å²) < 4.78 is 8.20. The number of ether oxygens (including phenoxy) is 1. The van der Waals surface area contributed by atoms with E-state index in [9.17, 15) is 30.5 Å². The Bertz CT molecular complexity index is 1320. The summed E-state index contributed by atoms with van der Waals surface area (Å²) in [6.07, 6.45) is -3.39. The van der Waals surface area contributed by atoms with Crippen molar-refractivity contribution in [3.05, 3.63) is 58.1 Å². The molecule has 2 aromatic heterocycles. The largest absolute Gasteiger partial charge is 0.394 e. The number of aromatic nitrogens is 4. The zero-order valence-electron chi connectivity index (χ0n) is 19.4. The second-order valence-electron chi connectivity index (χ2n) is 8.41. The van der Waals surface area contributed by atoms with Gasteiger partial charge in [0.2, 0.25) is 5.91 Å². The molecule has 12 nitrogen and oxygen atoms in total. The van der Waals surface area contributed by atoms with E-state index in [-0.39, 0.29) is 28.6 Å². The fourth-order valence-corrected chi connectivity index (χ4v) is 4.44. The van der Waals surface area contributed by atoms with Crippen molar-refractivity contribution in [3.63, 3.8) is 0 Å². The molecule has 1 amide bonds. The second-order valence-corrected chi connectivity index (χ2v) is 9.20. The number of nitrogens with one attached hydrogen (secondary N) is 1. The summed E-state index contributed by atoms with van der Waals surface area (Å²) >= 11 is 12.5. The summed E-state index contributed by atoms with van der Waals surface area (Å²) in [6.45, 7) is 1.07. The first-order valence-electron chi connectivity index (χ1n) is 11.3. The number of nitrogens with zero attached hydrogens (tertiary/aromatic N) is 5. The molecular formula is C23H24Cl2N6O6. The third-order valence-electron chi connectivity index (χ3n) is 6.06. The van der Waals surface area contributed by atoms with Gasteiger partial charge in [-0.1, -0.05) is 47.5 Å². The van der Waals surface area contributed by atoms with Gasteiger partial charge in [-0.25, -0.2) is 4.68 Å². The molecule has 3 aromatic rings. The van der Waals surface area contributed by atoms with E-state index in [0.717, 1.165) is 4.68 Å². The molecule has 14 heteroatoms. The lowest BCUT2D eigenvalue weighted by molar-refractivity contribution is -0.254. The SMILES string of the molecule is CCC(=O)NC(c1cn(C2OC(CO)C(O)C(O)C2O)nn1)n1cc(C#N)c(-c2cccc(Cl)c2Cl)c1. The molecule has 4 rings (SSSR count). The minimum Gasteiger partial charge on any atom is -0.394 e. The van der Waals surface area contributed by atoms with Crippen LogP contribution < -0.4 is 5.32 Å². The van der Waals surface area contributed by atoms with Crippen molar-refractivity contribution in [1.82, 2.24) is 24.9 Å². The van der Waals surface area contributed by atoms with Crippen LogP contribution in [0.4, 0.5) is 0 Å². The predicted octanol–water partition coefficient (Wildman–Crippen LogP) is 0.971. The van der Waals surface area contributed by atoms with Crippen LogP contribution in [0.15, 0.2) is 36.8 Å². The third kappa shape index (κ3) is 5.21. The lowest BCUT2D eigenvalue weighted by atomic mass is 9.98. The van der Waals surface area contributed by atoms with Crippen molar-refractivity contribution in [2.24, 2.45) is 0 Å². The molecule has 0 spiro atoms. The number of aliphatic hydroxyl groups excluding tert-OH is 4. The first-order valence-corrected chi connectivity index (χ1v) is 12.0. The van der Waals surface area contributed by atoms with Crippen molar-refractivity contribution in [1.29, 1.82) is 5.26 Å². The molecule has 1 fully saturated rings. The monoisotopic (exact) mass is 550 g/mol. The van der Waals surface area contributed by atoms with Gasteiger partial charge in [-0.15, -0.1) is 5.10 Å². The minimum atomic E-state index is -1.60. The van der Waals surface area contributed by atoms with E-state index in [0.29, 0.717) is 16.1 Å². The number of rotatable bonds is 7. The molecule has 1 aliphatic heterocycles. The lowest BCUT2D eigenvalue weighted by Crippen LogP contribution is -2.56. The van der Waals surface area contributed by atoms with Gasteiger partial charge in [0.1, 0.15) is 36.2 Å². The average molecular weight is 551 g/mol. The number of benzene rings is 1. The van der Waals surface area contributed by atoms with Gasteiger partial charge in [-0.2, -0.15) is 5.26 Å². The molecule has 1 saturated heterocycles. The van der Waals surface area contributed by atoms with Crippen LogP contribution in [0.3, 0.4) is 0 Å². The normalized spacial score (nSPS) is 24.4. The molecule has 37 heavy (non-hydrogen) atoms. The predicted molar refractivity (Wildman–Crippen MR) is 130 cm³/mol. The fraction of sp³-hybridized carbons (Fsp3) is 0.391. The van der Waals surface area contributed by atoms with E-state index in [2.05, 4.69) is 21.7 Å². The van der Waals surface area contributed by atoms with Crippen LogP contribution in [0.5, 0.6) is 0 Å². The van der Waals surface area contributed by atoms with Gasteiger partial charge in [0.05, 0.1) is 28.4 Å². The molecule has 0 saturated carbocycles. The molecule has 6 atom stereocenters. The van der Waals surface area contributed by atoms with Crippen molar-refractivity contribution >= 4 is 29.1 Å². The van der Waals surface area contributed by atoms with Gasteiger partial charge in [0.25, 0.3) is 0 Å². The Balaban J connectivity index is 1.73. The molecule has 5 N–H and O–H groups in total. The topological polar surface area (TPSA) is 179 Å². The summed E-state index contributed by atoms with van der Waals surface area (Å²) in [5.41, 5.74) is 1.48. The Morgan fingerprint density at radius 1 is 1.19 bits per heavy atom. The zero-order valence-corrected chi connectivity index (χ0v) is 21.0. The molecular weight excluding hydrogens is 527 g/mol. The van der Waals surface area contributed by atoms with Crippen LogP contribution in [0.1, 0.15) is 37.0 Å². The number of amides is 1. The maximum atomic E-state index is 12.4. The molecule has 6 unspecified atom stereocenters. The third-order valence-corrected chi connectivity index (χ3v) is 6.88. The van der Waals surface area contributed by atoms with E-state index in [4.69, 9.17) is 27.9 Å². The number of hydrogen-bond acceptors (Lipinski definition) is 9. The van der Waals surface area contributed by atoms with E-state index in [1.165, 1.54) is 12.4 Å². The highest BCUT2D eigenvalue weighted by molar-refractivity contribution is 6.43. The summed E-state index contributed by atoms with van der Waals surface area (Å²) in [6, 6.07) is 7.15. The van der Waals surface area contributed by atoms with Gasteiger partial charge in [0, 0.05) is 29.9 Å². The van der Waals surface area contributed by atoms with Crippen molar-refractivity contribution in [3.8, 4) is 17.2 Å². The molecule has 1 aromatic carbocycles. The smallest absolute Gasteiger partial charge is 0.221 e. The maximum Gasteiger partial charge on any atom is 0.221 e. The Morgan fingerprint density at radius 3 is 2.62 bits per heavy atom. The van der Waals surface area contributed by atoms with Crippen LogP contribution in [0.25, 0.3) is 11.1 Å². The maximum absolute atomic E-state index is 12.4. The molecule has 0 bridgehead atoms. The van der Waals surface area contributed by atoms with Crippen LogP contribution in [-0.4, -0.2) is 76.9 Å². The molecule has 0 radical (unpaired) electrons. The highest BCUT2D eigenvalue weighted by Crippen LogP contribution is 2.36. The Kier molecular flexibility index (Phi) is 8.15. The summed E-state index contributed by atoms with van der Waals surface area (Å²) in [5, 5.41) is 61.3. The number of carbonyl (C=O) groups excluding carboxylic acids is 1. The number of hydrogen-bond donors (Lipinski definition) is 5. The van der Waals surface area contributed by atoms with E-state index < -0.39 is 43.4 Å². The van der Waals surface area contributed by atoms with Crippen molar-refractivity contribution in [2.75, 3.05) is 6.61 Å². The van der Waals surface area contributed by atoms with Gasteiger partial charge in [0.15, 0.2) is 12.4 Å². The van der Waals surface area contributed by atoms with Crippen LogP contribution in [0.2, 0.25) is 10.0 Å². The van der Waals surface area contributed by atoms with E-state index in [1.807, 2.05) is 0 Å². The van der Waals surface area contributed by atoms with Crippen LogP contribution >= 0.6 is 23.2 Å². The molecule has 0 aliphatic carbocycles. The minimum absolute atomic E-state index is 0.163. The first kappa shape index (κ1) is 27.0.